The topological polar surface area (TPSA) is 0 Å². The average Bonchev–Trinajstić information content (AvgIpc) is 1.25. The summed E-state index contributed by atoms with van der Waals surface area (Å²) in [5, 5.41) is 0. The van der Waals surface area contributed by atoms with E-state index in [4.69, 9.17) is 61.3 Å². The van der Waals surface area contributed by atoms with Crippen molar-refractivity contribution >= 4 is 76.7 Å². The van der Waals surface area contributed by atoms with Gasteiger partial charge in [0.25, 0.3) is 0 Å². The van der Waals surface area contributed by atoms with Crippen molar-refractivity contribution in [3.05, 3.63) is 0 Å². The summed E-state index contributed by atoms with van der Waals surface area (Å²) < 4.78 is -1.64. The molecule has 0 amide bonds. The monoisotopic (exact) mass is 344 g/mol. The van der Waals surface area contributed by atoms with Gasteiger partial charge in [-0.05, 0) is 0 Å². The van der Waals surface area contributed by atoms with Crippen molar-refractivity contribution in [3.8, 4) is 0 Å². The molecule has 8 heavy (non-hydrogen) atoms. The molecule has 0 radical (unpaired) electrons. The molecule has 0 aliphatic heterocycles. The molecule has 0 aromatic carbocycles. The molecule has 0 saturated carbocycles. The summed E-state index contributed by atoms with van der Waals surface area (Å²) in [6, 6.07) is 0. The van der Waals surface area contributed by atoms with E-state index in [2.05, 4.69) is 0 Å². The standard InChI is InChI=1S/CCl3.3ClH.Sb.H/c2-1(3)4;;;;;/h;3*1H;;/q;;;;+3;/p-3. The van der Waals surface area contributed by atoms with Crippen LogP contribution in [0.2, 0.25) is 0 Å². The van der Waals surface area contributed by atoms with Gasteiger partial charge in [0.15, 0.2) is 0 Å². The summed E-state index contributed by atoms with van der Waals surface area (Å²) in [5.41, 5.74) is 0. The Bertz CT molecular complexity index is 63.5. The minimum atomic E-state index is -3.81. The maximum absolute atomic E-state index is 5.35. The molecule has 0 aromatic heterocycles. The zero-order valence-corrected chi connectivity index (χ0v) is 10.7. The number of rotatable bonds is 0. The van der Waals surface area contributed by atoms with E-state index in [0.717, 1.165) is 0 Å². The normalized spacial score (nSPS) is 16.2. The fourth-order valence-electron chi connectivity index (χ4n) is 0. The van der Waals surface area contributed by atoms with Crippen LogP contribution in [0.4, 0.5) is 0 Å². The van der Waals surface area contributed by atoms with Gasteiger partial charge in [-0.25, -0.2) is 0 Å². The van der Waals surface area contributed by atoms with Crippen molar-refractivity contribution in [2.45, 2.75) is 1.74 Å². The second-order valence-corrected chi connectivity index (χ2v) is 26.3. The van der Waals surface area contributed by atoms with Gasteiger partial charge in [0.2, 0.25) is 0 Å². The first kappa shape index (κ1) is 10.6. The Hall–Kier alpha value is 2.56. The third-order valence-corrected chi connectivity index (χ3v) is 19.4. The van der Waals surface area contributed by atoms with Crippen molar-refractivity contribution in [2.75, 3.05) is 0 Å². The number of alkyl halides is 3. The van der Waals surface area contributed by atoms with Crippen molar-refractivity contribution in [3.63, 3.8) is 0 Å². The molecule has 0 rings (SSSR count). The molecule has 7 heteroatoms. The van der Waals surface area contributed by atoms with Crippen molar-refractivity contribution in [1.29, 1.82) is 0 Å². The van der Waals surface area contributed by atoms with Crippen molar-refractivity contribution < 1.29 is 0 Å². The van der Waals surface area contributed by atoms with Crippen LogP contribution in [0.25, 0.3) is 0 Å². The molecule has 0 aliphatic carbocycles. The molecule has 0 N–H and O–H groups in total. The Labute approximate surface area is 77.3 Å². The Morgan fingerprint density at radius 2 is 1.00 bits per heavy atom. The van der Waals surface area contributed by atoms with Gasteiger partial charge in [-0.3, -0.25) is 0 Å². The second-order valence-electron chi connectivity index (χ2n) is 0.996. The molecule has 0 aromatic rings. The summed E-state index contributed by atoms with van der Waals surface area (Å²) in [7, 11) is 16.1. The van der Waals surface area contributed by atoms with Gasteiger partial charge in [-0.15, -0.1) is 0 Å². The molecule has 0 heterocycles. The Kier molecular flexibility index (Phi) is 4.36. The van der Waals surface area contributed by atoms with Crippen molar-refractivity contribution in [2.24, 2.45) is 0 Å². The van der Waals surface area contributed by atoms with Crippen LogP contribution in [0.1, 0.15) is 0 Å². The first-order valence-corrected chi connectivity index (χ1v) is 14.8. The van der Waals surface area contributed by atoms with Gasteiger partial charge in [-0.2, -0.15) is 0 Å². The van der Waals surface area contributed by atoms with Gasteiger partial charge < -0.3 is 0 Å². The molecule has 52 valence electrons. The maximum atomic E-state index is 5.35. The molecular formula is CHCl6Sb. The minimum absolute atomic E-state index is 1.64. The Morgan fingerprint density at radius 1 is 0.875 bits per heavy atom. The fourth-order valence-corrected chi connectivity index (χ4v) is 0. The molecule has 0 fully saturated rings. The molecule has 0 spiro atoms. The van der Waals surface area contributed by atoms with E-state index in [-0.39, 0.29) is 0 Å². The summed E-state index contributed by atoms with van der Waals surface area (Å²) >= 11 is 11.9. The Balaban J connectivity index is 4.02. The molecule has 0 saturated heterocycles. The summed E-state index contributed by atoms with van der Waals surface area (Å²) in [6.07, 6.45) is 0. The van der Waals surface area contributed by atoms with E-state index >= 15 is 0 Å². The molecule has 0 aliphatic rings. The van der Waals surface area contributed by atoms with Crippen molar-refractivity contribution in [1.82, 2.24) is 0 Å². The molecule has 0 atom stereocenters. The molecular weight excluding hydrogens is 346 g/mol. The van der Waals surface area contributed by atoms with Gasteiger partial charge in [0, 0.05) is 0 Å². The predicted octanol–water partition coefficient (Wildman–Crippen LogP) is 3.28. The van der Waals surface area contributed by atoms with Crippen LogP contribution < -0.4 is 0 Å². The van der Waals surface area contributed by atoms with E-state index in [9.17, 15) is 0 Å². The number of halogens is 6. The Morgan fingerprint density at radius 3 is 1.00 bits per heavy atom. The van der Waals surface area contributed by atoms with Gasteiger partial charge >= 0.3 is 78.4 Å². The third kappa shape index (κ3) is 3.66. The summed E-state index contributed by atoms with van der Waals surface area (Å²) in [5.74, 6) is 0. The molecule has 0 bridgehead atoms. The summed E-state index contributed by atoms with van der Waals surface area (Å²) in [4.78, 5) is 0. The van der Waals surface area contributed by atoms with Crippen LogP contribution in [0.15, 0.2) is 0 Å². The summed E-state index contributed by atoms with van der Waals surface area (Å²) in [6.45, 7) is 0. The number of hydrogen-bond donors (Lipinski definition) is 0. The van der Waals surface area contributed by atoms with Gasteiger partial charge in [0.05, 0.1) is 0 Å². The van der Waals surface area contributed by atoms with Crippen LogP contribution in [-0.4, -0.2) is 17.1 Å². The quantitative estimate of drug-likeness (QED) is 0.466. The van der Waals surface area contributed by atoms with Gasteiger partial charge in [-0.1, -0.05) is 0 Å². The van der Waals surface area contributed by atoms with Crippen LogP contribution in [0.5, 0.6) is 0 Å². The van der Waals surface area contributed by atoms with E-state index in [0.29, 0.717) is 0 Å². The van der Waals surface area contributed by atoms with Gasteiger partial charge in [0.1, 0.15) is 0 Å². The van der Waals surface area contributed by atoms with Crippen LogP contribution in [0, 0.1) is 0 Å². The second kappa shape index (κ2) is 3.30. The fraction of sp³-hybridized carbons (Fsp3) is 1.00. The van der Waals surface area contributed by atoms with Crippen LogP contribution in [0.3, 0.4) is 0 Å². The average molecular weight is 347 g/mol. The molecule has 0 nitrogen and oxygen atoms in total. The third-order valence-electron chi connectivity index (χ3n) is 0.321. The first-order valence-electron chi connectivity index (χ1n) is 1.38. The SMILES string of the molecule is Cl[C](Cl)(Cl)[SbH]([Cl])([Cl])[Cl]. The number of hydrogen-bond acceptors (Lipinski definition) is 0. The predicted molar refractivity (Wildman–Crippen MR) is 45.0 cm³/mol. The zero-order valence-electron chi connectivity index (χ0n) is 3.27. The van der Waals surface area contributed by atoms with Crippen LogP contribution >= 0.6 is 61.3 Å². The van der Waals surface area contributed by atoms with E-state index in [1.165, 1.54) is 0 Å². The first-order chi connectivity index (χ1) is 3.25. The zero-order chi connectivity index (χ0) is 7.00. The van der Waals surface area contributed by atoms with Crippen LogP contribution in [-0.2, 0) is 0 Å². The van der Waals surface area contributed by atoms with E-state index in [1.807, 2.05) is 0 Å². The van der Waals surface area contributed by atoms with E-state index in [1.54, 1.807) is 0 Å². The van der Waals surface area contributed by atoms with E-state index < -0.39 is 17.1 Å². The molecule has 0 unspecified atom stereocenters.